The van der Waals surface area contributed by atoms with E-state index in [0.717, 1.165) is 4.31 Å². The molecule has 2 aromatic rings. The van der Waals surface area contributed by atoms with Crippen LogP contribution in [0.5, 0.6) is 0 Å². The minimum Gasteiger partial charge on any atom is -0.279 e. The maximum atomic E-state index is 12.6. The van der Waals surface area contributed by atoms with Crippen molar-refractivity contribution in [3.63, 3.8) is 0 Å². The number of nitrogens with zero attached hydrogens (tertiary/aromatic N) is 1. The molecule has 0 saturated heterocycles. The first-order chi connectivity index (χ1) is 11.4. The van der Waals surface area contributed by atoms with Crippen molar-refractivity contribution in [2.75, 3.05) is 18.8 Å². The highest BCUT2D eigenvalue weighted by Gasteiger charge is 2.22. The van der Waals surface area contributed by atoms with Gasteiger partial charge in [0.15, 0.2) is 0 Å². The Bertz CT molecular complexity index is 1020. The number of nitrogens with one attached hydrogen (secondary N) is 1. The van der Waals surface area contributed by atoms with Crippen LogP contribution in [-0.2, 0) is 20.0 Å². The zero-order chi connectivity index (χ0) is 19.0. The van der Waals surface area contributed by atoms with Gasteiger partial charge in [0.05, 0.1) is 15.6 Å². The van der Waals surface area contributed by atoms with Crippen molar-refractivity contribution >= 4 is 53.3 Å². The lowest BCUT2D eigenvalue weighted by Crippen LogP contribution is -2.22. The fourth-order valence-corrected chi connectivity index (χ4v) is 5.06. The van der Waals surface area contributed by atoms with E-state index in [9.17, 15) is 16.8 Å². The summed E-state index contributed by atoms with van der Waals surface area (Å²) in [5.74, 6) is 0. The van der Waals surface area contributed by atoms with Gasteiger partial charge in [-0.3, -0.25) is 4.72 Å². The maximum Gasteiger partial charge on any atom is 0.263 e. The van der Waals surface area contributed by atoms with Crippen LogP contribution in [0.25, 0.3) is 0 Å². The van der Waals surface area contributed by atoms with E-state index in [1.165, 1.54) is 44.4 Å². The summed E-state index contributed by atoms with van der Waals surface area (Å²) in [6.07, 6.45) is 0. The minimum atomic E-state index is -3.98. The number of hydrogen-bond acceptors (Lipinski definition) is 4. The topological polar surface area (TPSA) is 83.6 Å². The summed E-state index contributed by atoms with van der Waals surface area (Å²) in [7, 11) is -4.85. The Balaban J connectivity index is 2.49. The zero-order valence-corrected chi connectivity index (χ0v) is 17.6. The molecule has 0 fully saturated rings. The van der Waals surface area contributed by atoms with Crippen LogP contribution in [0.1, 0.15) is 5.56 Å². The van der Waals surface area contributed by atoms with Crippen LogP contribution in [0.3, 0.4) is 0 Å². The summed E-state index contributed by atoms with van der Waals surface area (Å²) in [5.41, 5.74) is 0.747. The van der Waals surface area contributed by atoms with Gasteiger partial charge in [-0.25, -0.2) is 21.1 Å². The van der Waals surface area contributed by atoms with Crippen LogP contribution in [0, 0.1) is 6.92 Å². The monoisotopic (exact) mass is 466 g/mol. The van der Waals surface area contributed by atoms with E-state index < -0.39 is 20.0 Å². The number of aryl methyl sites for hydroxylation is 1. The molecule has 0 spiro atoms. The molecule has 2 rings (SSSR count). The van der Waals surface area contributed by atoms with Gasteiger partial charge >= 0.3 is 0 Å². The van der Waals surface area contributed by atoms with Gasteiger partial charge in [0, 0.05) is 18.6 Å². The van der Waals surface area contributed by atoms with Crippen molar-refractivity contribution in [2.45, 2.75) is 16.7 Å². The molecule has 2 aromatic carbocycles. The molecule has 25 heavy (non-hydrogen) atoms. The van der Waals surface area contributed by atoms with Gasteiger partial charge in [-0.1, -0.05) is 33.6 Å². The summed E-state index contributed by atoms with van der Waals surface area (Å²) in [6, 6.07) is 8.64. The standard InChI is InChI=1S/C15H16BrClN2O4S2/c1-10-4-6-12(25(22,23)19(2)3)9-14(10)18-24(20,21)15-7-5-11(16)8-13(15)17/h4-9,18H,1-3H3. The van der Waals surface area contributed by atoms with Crippen molar-refractivity contribution in [1.82, 2.24) is 4.31 Å². The van der Waals surface area contributed by atoms with E-state index in [1.54, 1.807) is 13.0 Å². The molecule has 0 atom stereocenters. The average Bonchev–Trinajstić information content (AvgIpc) is 2.48. The van der Waals surface area contributed by atoms with Gasteiger partial charge in [0.1, 0.15) is 4.90 Å². The smallest absolute Gasteiger partial charge is 0.263 e. The van der Waals surface area contributed by atoms with Crippen LogP contribution in [-0.4, -0.2) is 35.2 Å². The summed E-state index contributed by atoms with van der Waals surface area (Å²) in [6.45, 7) is 1.67. The second-order valence-corrected chi connectivity index (χ2v) is 10.6. The maximum absolute atomic E-state index is 12.6. The molecule has 0 heterocycles. The number of benzene rings is 2. The first-order valence-corrected chi connectivity index (χ1v) is 11.1. The highest BCUT2D eigenvalue weighted by atomic mass is 79.9. The molecule has 10 heteroatoms. The largest absolute Gasteiger partial charge is 0.279 e. The van der Waals surface area contributed by atoms with Crippen LogP contribution < -0.4 is 4.72 Å². The van der Waals surface area contributed by atoms with Crippen LogP contribution in [0.2, 0.25) is 5.02 Å². The van der Waals surface area contributed by atoms with Crippen molar-refractivity contribution in [2.24, 2.45) is 0 Å². The number of anilines is 1. The van der Waals surface area contributed by atoms with Crippen LogP contribution in [0.4, 0.5) is 5.69 Å². The van der Waals surface area contributed by atoms with Crippen molar-refractivity contribution in [3.8, 4) is 0 Å². The minimum absolute atomic E-state index is 0.0114. The zero-order valence-electron chi connectivity index (χ0n) is 13.6. The highest BCUT2D eigenvalue weighted by Crippen LogP contribution is 2.29. The summed E-state index contributed by atoms with van der Waals surface area (Å²) >= 11 is 9.23. The van der Waals surface area contributed by atoms with Gasteiger partial charge in [-0.15, -0.1) is 0 Å². The molecule has 0 aliphatic rings. The second-order valence-electron chi connectivity index (χ2n) is 5.44. The Hall–Kier alpha value is -1.13. The lowest BCUT2D eigenvalue weighted by Gasteiger charge is -2.15. The van der Waals surface area contributed by atoms with Crippen LogP contribution >= 0.6 is 27.5 Å². The average molecular weight is 468 g/mol. The molecule has 0 radical (unpaired) electrons. The van der Waals surface area contributed by atoms with Gasteiger partial charge in [-0.2, -0.15) is 0 Å². The quantitative estimate of drug-likeness (QED) is 0.730. The molecule has 0 aliphatic heterocycles. The van der Waals surface area contributed by atoms with Gasteiger partial charge in [0.2, 0.25) is 10.0 Å². The predicted octanol–water partition coefficient (Wildman–Crippen LogP) is 3.46. The molecule has 0 bridgehead atoms. The number of hydrogen-bond donors (Lipinski definition) is 1. The Morgan fingerprint density at radius 1 is 1.04 bits per heavy atom. The summed E-state index contributed by atoms with van der Waals surface area (Å²) in [4.78, 5) is -0.111. The van der Waals surface area contributed by atoms with Crippen LogP contribution in [0.15, 0.2) is 50.7 Å². The molecule has 0 unspecified atom stereocenters. The number of halogens is 2. The lowest BCUT2D eigenvalue weighted by atomic mass is 10.2. The van der Waals surface area contributed by atoms with E-state index >= 15 is 0 Å². The number of rotatable bonds is 5. The van der Waals surface area contributed by atoms with E-state index in [1.807, 2.05) is 0 Å². The Morgan fingerprint density at radius 2 is 1.68 bits per heavy atom. The van der Waals surface area contributed by atoms with Crippen molar-refractivity contribution in [1.29, 1.82) is 0 Å². The lowest BCUT2D eigenvalue weighted by molar-refractivity contribution is 0.520. The first-order valence-electron chi connectivity index (χ1n) is 6.96. The fraction of sp³-hybridized carbons (Fsp3) is 0.200. The Morgan fingerprint density at radius 3 is 2.24 bits per heavy atom. The van der Waals surface area contributed by atoms with E-state index in [-0.39, 0.29) is 20.5 Å². The first kappa shape index (κ1) is 20.2. The normalized spacial score (nSPS) is 12.4. The van der Waals surface area contributed by atoms with Crippen molar-refractivity contribution in [3.05, 3.63) is 51.5 Å². The molecule has 0 amide bonds. The molecule has 6 nitrogen and oxygen atoms in total. The molecule has 136 valence electrons. The second kappa shape index (κ2) is 7.24. The molecule has 0 aliphatic carbocycles. The Kier molecular flexibility index (Phi) is 5.85. The third kappa shape index (κ3) is 4.35. The number of sulfonamides is 2. The molecule has 1 N–H and O–H groups in total. The Labute approximate surface area is 161 Å². The van der Waals surface area contributed by atoms with E-state index in [2.05, 4.69) is 20.7 Å². The SMILES string of the molecule is Cc1ccc(S(=O)(=O)N(C)C)cc1NS(=O)(=O)c1ccc(Br)cc1Cl. The molecule has 0 aromatic heterocycles. The highest BCUT2D eigenvalue weighted by molar-refractivity contribution is 9.10. The van der Waals surface area contributed by atoms with E-state index in [4.69, 9.17) is 11.6 Å². The third-order valence-corrected chi connectivity index (χ3v) is 7.57. The van der Waals surface area contributed by atoms with Gasteiger partial charge in [0.25, 0.3) is 10.0 Å². The van der Waals surface area contributed by atoms with Crippen molar-refractivity contribution < 1.29 is 16.8 Å². The molecular weight excluding hydrogens is 452 g/mol. The fourth-order valence-electron chi connectivity index (χ4n) is 1.98. The van der Waals surface area contributed by atoms with E-state index in [0.29, 0.717) is 10.0 Å². The summed E-state index contributed by atoms with van der Waals surface area (Å²) in [5, 5.41) is 0.0524. The third-order valence-electron chi connectivity index (χ3n) is 3.42. The molecule has 0 saturated carbocycles. The molecular formula is C15H16BrClN2O4S2. The van der Waals surface area contributed by atoms with Gasteiger partial charge in [-0.05, 0) is 42.8 Å². The van der Waals surface area contributed by atoms with Gasteiger partial charge < -0.3 is 0 Å². The summed E-state index contributed by atoms with van der Waals surface area (Å²) < 4.78 is 53.8. The predicted molar refractivity (Wildman–Crippen MR) is 102 cm³/mol.